The number of hydrogen-bond donors (Lipinski definition) is 2. The molecule has 2 aromatic carbocycles. The van der Waals surface area contributed by atoms with Gasteiger partial charge in [-0.3, -0.25) is 34.5 Å². The fourth-order valence-corrected chi connectivity index (χ4v) is 8.37. The third-order valence-corrected chi connectivity index (χ3v) is 11.6. The lowest BCUT2D eigenvalue weighted by Crippen LogP contribution is -2.50. The zero-order chi connectivity index (χ0) is 37.4. The molecule has 280 valence electrons. The third-order valence-electron chi connectivity index (χ3n) is 11.2. The summed E-state index contributed by atoms with van der Waals surface area (Å²) in [6, 6.07) is 11.7. The van der Waals surface area contributed by atoms with E-state index in [0.717, 1.165) is 29.5 Å². The molecule has 3 fully saturated rings. The van der Waals surface area contributed by atoms with Crippen LogP contribution in [-0.2, 0) is 34.4 Å². The van der Waals surface area contributed by atoms with E-state index >= 15 is 8.78 Å². The third kappa shape index (κ3) is 7.73. The van der Waals surface area contributed by atoms with E-state index in [1.165, 1.54) is 11.7 Å². The van der Waals surface area contributed by atoms with Crippen molar-refractivity contribution in [2.24, 2.45) is 18.9 Å². The van der Waals surface area contributed by atoms with Gasteiger partial charge in [0.1, 0.15) is 11.3 Å². The van der Waals surface area contributed by atoms with E-state index in [-0.39, 0.29) is 54.5 Å². The zero-order valence-electron chi connectivity index (χ0n) is 29.8. The number of nitrogens with one attached hydrogen (secondary N) is 2. The molecule has 5 heterocycles. The number of hydrogen-bond acceptors (Lipinski definition) is 7. The second kappa shape index (κ2) is 15.0. The number of ether oxygens (including phenoxy) is 1. The summed E-state index contributed by atoms with van der Waals surface area (Å²) in [4.78, 5) is 52.8. The second-order valence-electron chi connectivity index (χ2n) is 14.7. The van der Waals surface area contributed by atoms with Crippen LogP contribution in [0.1, 0.15) is 61.1 Å². The van der Waals surface area contributed by atoms with Crippen LogP contribution in [0, 0.1) is 11.8 Å². The van der Waals surface area contributed by atoms with Gasteiger partial charge in [-0.1, -0.05) is 35.9 Å². The molecule has 0 aliphatic carbocycles. The van der Waals surface area contributed by atoms with Gasteiger partial charge in [-0.2, -0.15) is 5.10 Å². The first-order valence-electron chi connectivity index (χ1n) is 18.1. The number of rotatable bonds is 9. The number of methoxy groups -OCH3 is 1. The molecule has 2 atom stereocenters. The Hall–Kier alpha value is -4.62. The number of benzene rings is 2. The number of carbonyl (C=O) groups is 3. The van der Waals surface area contributed by atoms with Crippen LogP contribution in [0.4, 0.5) is 8.78 Å². The van der Waals surface area contributed by atoms with Crippen LogP contribution in [0.15, 0.2) is 53.6 Å². The number of halogens is 3. The molecule has 14 heteroatoms. The number of carbonyl (C=O) groups excluding carboxylic acids is 3. The summed E-state index contributed by atoms with van der Waals surface area (Å²) >= 11 is 6.78. The molecule has 3 aliphatic heterocycles. The van der Waals surface area contributed by atoms with Crippen LogP contribution in [-0.4, -0.2) is 81.5 Å². The highest BCUT2D eigenvalue weighted by molar-refractivity contribution is 6.32. The van der Waals surface area contributed by atoms with Crippen molar-refractivity contribution in [1.29, 1.82) is 0 Å². The van der Waals surface area contributed by atoms with E-state index in [0.29, 0.717) is 71.7 Å². The van der Waals surface area contributed by atoms with Gasteiger partial charge >= 0.3 is 0 Å². The Kier molecular flexibility index (Phi) is 10.4. The summed E-state index contributed by atoms with van der Waals surface area (Å²) in [5, 5.41) is 10.2. The maximum atomic E-state index is 15.7. The predicted molar refractivity (Wildman–Crippen MR) is 196 cm³/mol. The van der Waals surface area contributed by atoms with E-state index in [2.05, 4.69) is 27.6 Å². The highest BCUT2D eigenvalue weighted by Crippen LogP contribution is 2.40. The van der Waals surface area contributed by atoms with E-state index in [4.69, 9.17) is 16.3 Å². The van der Waals surface area contributed by atoms with Crippen molar-refractivity contribution in [2.45, 2.75) is 63.3 Å². The van der Waals surface area contributed by atoms with Crippen LogP contribution < -0.4 is 15.6 Å². The summed E-state index contributed by atoms with van der Waals surface area (Å²) in [5.74, 6) is -4.27. The Labute approximate surface area is 310 Å². The molecule has 0 radical (unpaired) electrons. The molecule has 53 heavy (non-hydrogen) atoms. The maximum absolute atomic E-state index is 15.7. The van der Waals surface area contributed by atoms with Gasteiger partial charge in [-0.05, 0) is 73.4 Å². The molecule has 11 nitrogen and oxygen atoms in total. The molecule has 0 bridgehead atoms. The van der Waals surface area contributed by atoms with Gasteiger partial charge < -0.3 is 14.2 Å². The molecular weight excluding hydrogens is 706 g/mol. The standard InChI is InChI=1S/C39H43ClF2N6O5/c1-46-20-30(29-19-43-45-36(29)38(46)52)27-16-32(40)31(33(17-27)53-2)21-47-12-11-28(39(41,42)22-47)18-35(50)48-13-9-25(10-14-48)24-5-3-23(4-6-24)15-26-7-8-34(49)44-37(26)51/h3-6,16-17,19-20,25-26,28H,7-15,18,21-22H2,1-2H3,(H,43,45)(H,44,49,51). The molecule has 3 amide bonds. The first kappa shape index (κ1) is 36.7. The molecule has 0 spiro atoms. The number of aromatic amines is 1. The van der Waals surface area contributed by atoms with Crippen molar-refractivity contribution >= 4 is 40.2 Å². The Bertz CT molecular complexity index is 2090. The average molecular weight is 749 g/mol. The lowest BCUT2D eigenvalue weighted by Gasteiger charge is -2.39. The SMILES string of the molecule is COc1cc(-c2cn(C)c(=O)c3[nH]ncc23)cc(Cl)c1CN1CCC(CC(=O)N2CCC(c3ccc(CC4CCC(=O)NC4=O)cc3)CC2)C(F)(F)C1. The monoisotopic (exact) mass is 748 g/mol. The number of imide groups is 1. The van der Waals surface area contributed by atoms with Gasteiger partial charge in [0.25, 0.3) is 11.5 Å². The number of aromatic nitrogens is 3. The number of likely N-dealkylation sites (tertiary alicyclic amines) is 2. The van der Waals surface area contributed by atoms with E-state index in [9.17, 15) is 19.2 Å². The van der Waals surface area contributed by atoms with E-state index < -0.39 is 18.4 Å². The van der Waals surface area contributed by atoms with Gasteiger partial charge in [0.2, 0.25) is 17.7 Å². The van der Waals surface area contributed by atoms with Crippen LogP contribution in [0.3, 0.4) is 0 Å². The molecule has 0 saturated carbocycles. The minimum absolute atomic E-state index is 0.151. The first-order valence-corrected chi connectivity index (χ1v) is 18.5. The molecular formula is C39H43ClF2N6O5. The topological polar surface area (TPSA) is 130 Å². The summed E-state index contributed by atoms with van der Waals surface area (Å²) < 4.78 is 38.5. The summed E-state index contributed by atoms with van der Waals surface area (Å²) in [5.41, 5.74) is 4.36. The molecule has 3 saturated heterocycles. The molecule has 7 rings (SSSR count). The lowest BCUT2D eigenvalue weighted by molar-refractivity contribution is -0.146. The summed E-state index contributed by atoms with van der Waals surface area (Å²) in [7, 11) is 3.15. The number of fused-ring (bicyclic) bond motifs is 1. The second-order valence-corrected chi connectivity index (χ2v) is 15.1. The van der Waals surface area contributed by atoms with Crippen LogP contribution >= 0.6 is 11.6 Å². The molecule has 2 aromatic heterocycles. The average Bonchev–Trinajstić information content (AvgIpc) is 3.64. The minimum Gasteiger partial charge on any atom is -0.496 e. The number of pyridine rings is 1. The molecule has 4 aromatic rings. The van der Waals surface area contributed by atoms with Crippen LogP contribution in [0.5, 0.6) is 5.75 Å². The molecule has 2 N–H and O–H groups in total. The van der Waals surface area contributed by atoms with Crippen molar-refractivity contribution < 1.29 is 27.9 Å². The first-order chi connectivity index (χ1) is 25.4. The largest absolute Gasteiger partial charge is 0.496 e. The lowest BCUT2D eigenvalue weighted by atomic mass is 9.86. The fourth-order valence-electron chi connectivity index (χ4n) is 8.10. The van der Waals surface area contributed by atoms with Crippen molar-refractivity contribution in [1.82, 2.24) is 29.9 Å². The normalized spacial score (nSPS) is 21.2. The Morgan fingerprint density at radius 3 is 2.51 bits per heavy atom. The van der Waals surface area contributed by atoms with Crippen molar-refractivity contribution in [3.63, 3.8) is 0 Å². The summed E-state index contributed by atoms with van der Waals surface area (Å²) in [6.07, 6.45) is 6.27. The van der Waals surface area contributed by atoms with Crippen molar-refractivity contribution in [2.75, 3.05) is 33.3 Å². The maximum Gasteiger partial charge on any atom is 0.276 e. The van der Waals surface area contributed by atoms with Gasteiger partial charge in [0.05, 0.1) is 19.9 Å². The van der Waals surface area contributed by atoms with Gasteiger partial charge in [-0.15, -0.1) is 0 Å². The smallest absolute Gasteiger partial charge is 0.276 e. The Morgan fingerprint density at radius 1 is 1.06 bits per heavy atom. The molecule has 2 unspecified atom stereocenters. The van der Waals surface area contributed by atoms with Gasteiger partial charge in [-0.25, -0.2) is 8.78 Å². The number of H-pyrrole nitrogens is 1. The van der Waals surface area contributed by atoms with E-state index in [1.807, 2.05) is 12.1 Å². The van der Waals surface area contributed by atoms with E-state index in [1.54, 1.807) is 41.4 Å². The van der Waals surface area contributed by atoms with Crippen LogP contribution in [0.2, 0.25) is 5.02 Å². The van der Waals surface area contributed by atoms with Crippen molar-refractivity contribution in [3.8, 4) is 16.9 Å². The number of aryl methyl sites for hydroxylation is 1. The van der Waals surface area contributed by atoms with Crippen LogP contribution in [0.25, 0.3) is 22.0 Å². The highest BCUT2D eigenvalue weighted by atomic mass is 35.5. The quantitative estimate of drug-likeness (QED) is 0.218. The Balaban J connectivity index is 0.926. The highest BCUT2D eigenvalue weighted by Gasteiger charge is 2.46. The number of alkyl halides is 2. The fraction of sp³-hybridized carbons (Fsp3) is 0.462. The van der Waals surface area contributed by atoms with Crippen molar-refractivity contribution in [3.05, 3.63) is 80.9 Å². The number of nitrogens with zero attached hydrogens (tertiary/aromatic N) is 4. The predicted octanol–water partition coefficient (Wildman–Crippen LogP) is 5.44. The molecule has 3 aliphatic rings. The van der Waals surface area contributed by atoms with Gasteiger partial charge in [0.15, 0.2) is 0 Å². The number of amides is 3. The Morgan fingerprint density at radius 2 is 1.81 bits per heavy atom. The number of piperidine rings is 3. The minimum atomic E-state index is -3.07. The zero-order valence-corrected chi connectivity index (χ0v) is 30.6. The van der Waals surface area contributed by atoms with Gasteiger partial charge in [0, 0.05) is 79.1 Å². The summed E-state index contributed by atoms with van der Waals surface area (Å²) in [6.45, 7) is 1.08.